The molecule has 0 aromatic carbocycles. The van der Waals surface area contributed by atoms with E-state index in [9.17, 15) is 0 Å². The van der Waals surface area contributed by atoms with Crippen LogP contribution >= 0.6 is 0 Å². The topological polar surface area (TPSA) is 29.5 Å². The van der Waals surface area contributed by atoms with Crippen molar-refractivity contribution in [3.63, 3.8) is 0 Å². The number of ether oxygens (including phenoxy) is 1. The molecule has 0 aliphatic heterocycles. The Balaban J connectivity index is 3.06. The molecule has 0 spiro atoms. The quantitative estimate of drug-likeness (QED) is 0.583. The fourth-order valence-corrected chi connectivity index (χ4v) is 1.13. The summed E-state index contributed by atoms with van der Waals surface area (Å²) in [6.07, 6.45) is 4.36. The summed E-state index contributed by atoms with van der Waals surface area (Å²) in [6.45, 7) is 8.78. The van der Waals surface area contributed by atoms with E-state index >= 15 is 0 Å². The van der Waals surface area contributed by atoms with E-state index in [0.29, 0.717) is 18.4 Å². The van der Waals surface area contributed by atoms with Gasteiger partial charge in [-0.25, -0.2) is 0 Å². The van der Waals surface area contributed by atoms with Crippen molar-refractivity contribution < 1.29 is 9.84 Å². The second-order valence-corrected chi connectivity index (χ2v) is 4.43. The zero-order chi connectivity index (χ0) is 10.8. The molecule has 0 bridgehead atoms. The van der Waals surface area contributed by atoms with Crippen molar-refractivity contribution in [3.8, 4) is 0 Å². The lowest BCUT2D eigenvalue weighted by atomic mass is 9.99. The van der Waals surface area contributed by atoms with Gasteiger partial charge in [0.15, 0.2) is 0 Å². The summed E-state index contributed by atoms with van der Waals surface area (Å²) < 4.78 is 5.57. The van der Waals surface area contributed by atoms with Crippen LogP contribution in [0.15, 0.2) is 0 Å². The van der Waals surface area contributed by atoms with Crippen LogP contribution in [-0.4, -0.2) is 24.9 Å². The van der Waals surface area contributed by atoms with Crippen LogP contribution in [0, 0.1) is 11.8 Å². The van der Waals surface area contributed by atoms with E-state index in [2.05, 4.69) is 20.8 Å². The first kappa shape index (κ1) is 13.9. The minimum Gasteiger partial charge on any atom is -0.396 e. The van der Waals surface area contributed by atoms with Crippen LogP contribution < -0.4 is 0 Å². The van der Waals surface area contributed by atoms with E-state index in [1.165, 1.54) is 6.42 Å². The smallest absolute Gasteiger partial charge is 0.0494 e. The van der Waals surface area contributed by atoms with Gasteiger partial charge in [-0.2, -0.15) is 0 Å². The maximum absolute atomic E-state index is 8.57. The van der Waals surface area contributed by atoms with Crippen molar-refractivity contribution in [2.24, 2.45) is 11.8 Å². The monoisotopic (exact) mass is 202 g/mol. The fraction of sp³-hybridized carbons (Fsp3) is 1.00. The third-order valence-electron chi connectivity index (χ3n) is 2.72. The molecule has 0 saturated heterocycles. The van der Waals surface area contributed by atoms with Gasteiger partial charge in [0.05, 0.1) is 0 Å². The number of hydrogen-bond donors (Lipinski definition) is 1. The van der Waals surface area contributed by atoms with Crippen molar-refractivity contribution in [1.29, 1.82) is 0 Å². The minimum absolute atomic E-state index is 0.325. The van der Waals surface area contributed by atoms with Gasteiger partial charge >= 0.3 is 0 Å². The predicted molar refractivity (Wildman–Crippen MR) is 60.4 cm³/mol. The van der Waals surface area contributed by atoms with Crippen molar-refractivity contribution in [2.75, 3.05) is 19.8 Å². The fourth-order valence-electron chi connectivity index (χ4n) is 1.13. The Hall–Kier alpha value is -0.0800. The van der Waals surface area contributed by atoms with Crippen LogP contribution in [0.1, 0.15) is 46.5 Å². The molecule has 14 heavy (non-hydrogen) atoms. The molecule has 1 N–H and O–H groups in total. The highest BCUT2D eigenvalue weighted by Gasteiger charge is 2.06. The first-order chi connectivity index (χ1) is 6.68. The van der Waals surface area contributed by atoms with Crippen LogP contribution in [0.3, 0.4) is 0 Å². The zero-order valence-electron chi connectivity index (χ0n) is 9.96. The Bertz CT molecular complexity index is 113. The van der Waals surface area contributed by atoms with Crippen molar-refractivity contribution in [3.05, 3.63) is 0 Å². The minimum atomic E-state index is 0.325. The van der Waals surface area contributed by atoms with Crippen molar-refractivity contribution in [1.82, 2.24) is 0 Å². The van der Waals surface area contributed by atoms with Crippen LogP contribution in [-0.2, 0) is 4.74 Å². The molecule has 0 radical (unpaired) electrons. The molecule has 0 fully saturated rings. The summed E-state index contributed by atoms with van der Waals surface area (Å²) in [7, 11) is 0. The van der Waals surface area contributed by atoms with Gasteiger partial charge < -0.3 is 9.84 Å². The lowest BCUT2D eigenvalue weighted by Gasteiger charge is -2.15. The van der Waals surface area contributed by atoms with E-state index in [4.69, 9.17) is 9.84 Å². The summed E-state index contributed by atoms with van der Waals surface area (Å²) in [4.78, 5) is 0. The number of rotatable bonds is 9. The maximum Gasteiger partial charge on any atom is 0.0494 e. The Morgan fingerprint density at radius 2 is 1.64 bits per heavy atom. The summed E-state index contributed by atoms with van der Waals surface area (Å²) in [5.41, 5.74) is 0. The SMILES string of the molecule is CC(C)C(C)COCCCCCCO. The molecule has 0 saturated carbocycles. The van der Waals surface area contributed by atoms with Gasteiger partial charge in [0.1, 0.15) is 0 Å². The normalized spacial score (nSPS) is 13.5. The number of aliphatic hydroxyl groups excluding tert-OH is 1. The van der Waals surface area contributed by atoms with Gasteiger partial charge in [-0.05, 0) is 24.7 Å². The van der Waals surface area contributed by atoms with Gasteiger partial charge in [-0.3, -0.25) is 0 Å². The van der Waals surface area contributed by atoms with E-state index in [0.717, 1.165) is 32.5 Å². The second kappa shape index (κ2) is 9.47. The van der Waals surface area contributed by atoms with Crippen molar-refractivity contribution >= 4 is 0 Å². The largest absolute Gasteiger partial charge is 0.396 e. The summed E-state index contributed by atoms with van der Waals surface area (Å²) in [5.74, 6) is 1.37. The van der Waals surface area contributed by atoms with Crippen LogP contribution in [0.25, 0.3) is 0 Å². The highest BCUT2D eigenvalue weighted by Crippen LogP contribution is 2.10. The summed E-state index contributed by atoms with van der Waals surface area (Å²) in [6, 6.07) is 0. The van der Waals surface area contributed by atoms with Gasteiger partial charge in [0, 0.05) is 19.8 Å². The van der Waals surface area contributed by atoms with Gasteiger partial charge in [-0.1, -0.05) is 33.6 Å². The Kier molecular flexibility index (Phi) is 9.42. The molecule has 0 aliphatic rings. The maximum atomic E-state index is 8.57. The summed E-state index contributed by atoms with van der Waals surface area (Å²) >= 11 is 0. The molecule has 0 aliphatic carbocycles. The molecule has 0 aromatic heterocycles. The Morgan fingerprint density at radius 3 is 2.21 bits per heavy atom. The van der Waals surface area contributed by atoms with Crippen LogP contribution in [0.2, 0.25) is 0 Å². The molecule has 0 amide bonds. The summed E-state index contributed by atoms with van der Waals surface area (Å²) in [5, 5.41) is 8.57. The highest BCUT2D eigenvalue weighted by molar-refractivity contribution is 4.55. The number of hydrogen-bond acceptors (Lipinski definition) is 2. The molecule has 86 valence electrons. The van der Waals surface area contributed by atoms with E-state index in [1.807, 2.05) is 0 Å². The average molecular weight is 202 g/mol. The third-order valence-corrected chi connectivity index (χ3v) is 2.72. The molecular formula is C12H26O2. The first-order valence-corrected chi connectivity index (χ1v) is 5.87. The third kappa shape index (κ3) is 8.52. The molecule has 1 unspecified atom stereocenters. The molecule has 2 heteroatoms. The van der Waals surface area contributed by atoms with Gasteiger partial charge in [0.2, 0.25) is 0 Å². The molecule has 0 heterocycles. The van der Waals surface area contributed by atoms with Gasteiger partial charge in [0.25, 0.3) is 0 Å². The first-order valence-electron chi connectivity index (χ1n) is 5.87. The second-order valence-electron chi connectivity index (χ2n) is 4.43. The standard InChI is InChI=1S/C12H26O2/c1-11(2)12(3)10-14-9-7-5-4-6-8-13/h11-13H,4-10H2,1-3H3. The lowest BCUT2D eigenvalue weighted by Crippen LogP contribution is -2.12. The lowest BCUT2D eigenvalue weighted by molar-refractivity contribution is 0.0866. The van der Waals surface area contributed by atoms with Gasteiger partial charge in [-0.15, -0.1) is 0 Å². The predicted octanol–water partition coefficient (Wildman–Crippen LogP) is 2.85. The van der Waals surface area contributed by atoms with Crippen LogP contribution in [0.4, 0.5) is 0 Å². The molecule has 2 nitrogen and oxygen atoms in total. The van der Waals surface area contributed by atoms with Crippen molar-refractivity contribution in [2.45, 2.75) is 46.5 Å². The van der Waals surface area contributed by atoms with E-state index in [1.54, 1.807) is 0 Å². The molecule has 1 atom stereocenters. The average Bonchev–Trinajstić information content (AvgIpc) is 2.16. The van der Waals surface area contributed by atoms with Crippen LogP contribution in [0.5, 0.6) is 0 Å². The molecule has 0 aromatic rings. The Labute approximate surface area is 88.7 Å². The zero-order valence-corrected chi connectivity index (χ0v) is 9.96. The molecule has 0 rings (SSSR count). The van der Waals surface area contributed by atoms with E-state index in [-0.39, 0.29) is 0 Å². The Morgan fingerprint density at radius 1 is 1.00 bits per heavy atom. The number of unbranched alkanes of at least 4 members (excludes halogenated alkanes) is 3. The van der Waals surface area contributed by atoms with E-state index < -0.39 is 0 Å². The highest BCUT2D eigenvalue weighted by atomic mass is 16.5. The number of aliphatic hydroxyl groups is 1. The molecular weight excluding hydrogens is 176 g/mol.